The van der Waals surface area contributed by atoms with Crippen molar-refractivity contribution in [3.63, 3.8) is 0 Å². The summed E-state index contributed by atoms with van der Waals surface area (Å²) in [7, 11) is 0. The van der Waals surface area contributed by atoms with E-state index in [1.54, 1.807) is 35.9 Å². The molecule has 17 heavy (non-hydrogen) atoms. The molecule has 3 aromatic rings. The van der Waals surface area contributed by atoms with Crippen molar-refractivity contribution in [2.75, 3.05) is 0 Å². The standard InChI is InChI=1S/C13H9NO2S/c15-12(7-10-2-1-4-16-10)9-6-13-11(14-8-9)3-5-17-13/h1-6,8H,7H2. The first kappa shape index (κ1) is 10.2. The third-order valence-corrected chi connectivity index (χ3v) is 3.39. The number of Topliss-reactive ketones (excluding diaryl/α,β-unsaturated/α-hetero) is 1. The number of thiophene rings is 1. The van der Waals surface area contributed by atoms with Gasteiger partial charge in [0.2, 0.25) is 0 Å². The van der Waals surface area contributed by atoms with Gasteiger partial charge in [0, 0.05) is 11.8 Å². The molecule has 0 spiro atoms. The summed E-state index contributed by atoms with van der Waals surface area (Å²) in [6, 6.07) is 7.41. The second-order valence-corrected chi connectivity index (χ2v) is 4.65. The predicted molar refractivity (Wildman–Crippen MR) is 66.4 cm³/mol. The predicted octanol–water partition coefficient (Wildman–Crippen LogP) is 3.31. The highest BCUT2D eigenvalue weighted by atomic mass is 32.1. The van der Waals surface area contributed by atoms with E-state index >= 15 is 0 Å². The summed E-state index contributed by atoms with van der Waals surface area (Å²) in [5.41, 5.74) is 1.57. The Hall–Kier alpha value is -1.94. The Morgan fingerprint density at radius 2 is 2.35 bits per heavy atom. The van der Waals surface area contributed by atoms with Crippen LogP contribution in [0.2, 0.25) is 0 Å². The molecule has 4 heteroatoms. The molecule has 0 unspecified atom stereocenters. The molecule has 84 valence electrons. The zero-order valence-corrected chi connectivity index (χ0v) is 9.74. The smallest absolute Gasteiger partial charge is 0.171 e. The van der Waals surface area contributed by atoms with Crippen molar-refractivity contribution in [3.8, 4) is 0 Å². The topological polar surface area (TPSA) is 43.1 Å². The quantitative estimate of drug-likeness (QED) is 0.663. The normalized spacial score (nSPS) is 10.8. The number of nitrogens with zero attached hydrogens (tertiary/aromatic N) is 1. The molecule has 3 aromatic heterocycles. The molecule has 0 amide bonds. The van der Waals surface area contributed by atoms with E-state index in [1.807, 2.05) is 17.5 Å². The van der Waals surface area contributed by atoms with Crippen LogP contribution in [0.1, 0.15) is 16.1 Å². The highest BCUT2D eigenvalue weighted by Gasteiger charge is 2.10. The SMILES string of the molecule is O=C(Cc1ccco1)c1cnc2ccsc2c1. The molecule has 0 radical (unpaired) electrons. The van der Waals surface area contributed by atoms with Gasteiger partial charge in [-0.15, -0.1) is 11.3 Å². The molecule has 0 aliphatic rings. The second kappa shape index (κ2) is 4.14. The highest BCUT2D eigenvalue weighted by Crippen LogP contribution is 2.20. The van der Waals surface area contributed by atoms with Crippen LogP contribution in [-0.4, -0.2) is 10.8 Å². The first-order valence-corrected chi connectivity index (χ1v) is 6.10. The summed E-state index contributed by atoms with van der Waals surface area (Å²) in [4.78, 5) is 16.2. The minimum absolute atomic E-state index is 0.0303. The summed E-state index contributed by atoms with van der Waals surface area (Å²) in [6.07, 6.45) is 3.48. The second-order valence-electron chi connectivity index (χ2n) is 3.71. The van der Waals surface area contributed by atoms with Crippen LogP contribution in [0.15, 0.2) is 46.5 Å². The highest BCUT2D eigenvalue weighted by molar-refractivity contribution is 7.17. The van der Waals surface area contributed by atoms with E-state index in [9.17, 15) is 4.79 Å². The number of furan rings is 1. The summed E-state index contributed by atoms with van der Waals surface area (Å²) >= 11 is 1.59. The van der Waals surface area contributed by atoms with Crippen molar-refractivity contribution in [2.24, 2.45) is 0 Å². The average molecular weight is 243 g/mol. The zero-order valence-electron chi connectivity index (χ0n) is 8.92. The molecule has 0 fully saturated rings. The van der Waals surface area contributed by atoms with Gasteiger partial charge in [-0.2, -0.15) is 0 Å². The van der Waals surface area contributed by atoms with Gasteiger partial charge in [0.15, 0.2) is 5.78 Å². The lowest BCUT2D eigenvalue weighted by Crippen LogP contribution is -2.02. The fourth-order valence-corrected chi connectivity index (χ4v) is 2.45. The first-order valence-electron chi connectivity index (χ1n) is 5.22. The van der Waals surface area contributed by atoms with Crippen LogP contribution in [0.25, 0.3) is 10.2 Å². The van der Waals surface area contributed by atoms with E-state index in [1.165, 1.54) is 0 Å². The Morgan fingerprint density at radius 3 is 3.18 bits per heavy atom. The Bertz CT molecular complexity index is 655. The number of rotatable bonds is 3. The maximum absolute atomic E-state index is 12.0. The first-order chi connectivity index (χ1) is 8.33. The molecule has 0 bridgehead atoms. The lowest BCUT2D eigenvalue weighted by Gasteiger charge is -1.98. The largest absolute Gasteiger partial charge is 0.469 e. The number of fused-ring (bicyclic) bond motifs is 1. The Labute approximate surface area is 102 Å². The maximum Gasteiger partial charge on any atom is 0.171 e. The summed E-state index contributed by atoms with van der Waals surface area (Å²) in [6.45, 7) is 0. The van der Waals surface area contributed by atoms with Gasteiger partial charge in [-0.1, -0.05) is 0 Å². The molecular formula is C13H9NO2S. The molecule has 0 aromatic carbocycles. The van der Waals surface area contributed by atoms with E-state index < -0.39 is 0 Å². The zero-order chi connectivity index (χ0) is 11.7. The molecule has 3 heterocycles. The van der Waals surface area contributed by atoms with E-state index in [0.717, 1.165) is 10.2 Å². The molecule has 3 nitrogen and oxygen atoms in total. The Balaban J connectivity index is 1.90. The fraction of sp³-hybridized carbons (Fsp3) is 0.0769. The van der Waals surface area contributed by atoms with Gasteiger partial charge < -0.3 is 4.42 Å². The number of hydrogen-bond acceptors (Lipinski definition) is 4. The van der Waals surface area contributed by atoms with Crippen molar-refractivity contribution in [1.82, 2.24) is 4.98 Å². The molecule has 0 aliphatic carbocycles. The van der Waals surface area contributed by atoms with Crippen LogP contribution in [0.3, 0.4) is 0 Å². The summed E-state index contributed by atoms with van der Waals surface area (Å²) in [5.74, 6) is 0.712. The van der Waals surface area contributed by atoms with Crippen molar-refractivity contribution < 1.29 is 9.21 Å². The molecule has 0 saturated carbocycles. The number of aromatic nitrogens is 1. The maximum atomic E-state index is 12.0. The third-order valence-electron chi connectivity index (χ3n) is 2.54. The third kappa shape index (κ3) is 1.99. The molecule has 0 atom stereocenters. The van der Waals surface area contributed by atoms with Gasteiger partial charge in [-0.3, -0.25) is 9.78 Å². The van der Waals surface area contributed by atoms with Crippen molar-refractivity contribution in [2.45, 2.75) is 6.42 Å². The van der Waals surface area contributed by atoms with Gasteiger partial charge in [-0.05, 0) is 29.6 Å². The van der Waals surface area contributed by atoms with E-state index in [2.05, 4.69) is 4.98 Å². The Morgan fingerprint density at radius 1 is 1.41 bits per heavy atom. The number of carbonyl (C=O) groups excluding carboxylic acids is 1. The molecule has 0 aliphatic heterocycles. The van der Waals surface area contributed by atoms with E-state index in [-0.39, 0.29) is 12.2 Å². The van der Waals surface area contributed by atoms with Crippen molar-refractivity contribution in [1.29, 1.82) is 0 Å². The van der Waals surface area contributed by atoms with Gasteiger partial charge in [0.1, 0.15) is 5.76 Å². The molecule has 3 rings (SSSR count). The summed E-state index contributed by atoms with van der Waals surface area (Å²) in [5, 5.41) is 1.97. The van der Waals surface area contributed by atoms with Crippen LogP contribution < -0.4 is 0 Å². The summed E-state index contributed by atoms with van der Waals surface area (Å²) < 4.78 is 6.20. The molecular weight excluding hydrogens is 234 g/mol. The number of ketones is 1. The van der Waals surface area contributed by atoms with Crippen molar-refractivity contribution in [3.05, 3.63) is 53.4 Å². The van der Waals surface area contributed by atoms with Crippen LogP contribution in [0.4, 0.5) is 0 Å². The molecule has 0 N–H and O–H groups in total. The molecule has 0 saturated heterocycles. The van der Waals surface area contributed by atoms with Crippen LogP contribution in [-0.2, 0) is 6.42 Å². The minimum Gasteiger partial charge on any atom is -0.469 e. The van der Waals surface area contributed by atoms with Crippen LogP contribution in [0, 0.1) is 0 Å². The lowest BCUT2D eigenvalue weighted by molar-refractivity contribution is 0.0987. The lowest BCUT2D eigenvalue weighted by atomic mass is 10.1. The fourth-order valence-electron chi connectivity index (χ4n) is 1.67. The van der Waals surface area contributed by atoms with Crippen molar-refractivity contribution >= 4 is 27.3 Å². The van der Waals surface area contributed by atoms with Crippen LogP contribution in [0.5, 0.6) is 0 Å². The van der Waals surface area contributed by atoms with Gasteiger partial charge in [0.25, 0.3) is 0 Å². The number of pyridine rings is 1. The average Bonchev–Trinajstić information content (AvgIpc) is 2.97. The van der Waals surface area contributed by atoms with E-state index in [4.69, 9.17) is 4.42 Å². The van der Waals surface area contributed by atoms with Gasteiger partial charge >= 0.3 is 0 Å². The van der Waals surface area contributed by atoms with Gasteiger partial charge in [0.05, 0.1) is 22.9 Å². The van der Waals surface area contributed by atoms with Gasteiger partial charge in [-0.25, -0.2) is 0 Å². The Kier molecular flexibility index (Phi) is 2.49. The van der Waals surface area contributed by atoms with Crippen LogP contribution >= 0.6 is 11.3 Å². The number of hydrogen-bond donors (Lipinski definition) is 0. The monoisotopic (exact) mass is 243 g/mol. The number of carbonyl (C=O) groups is 1. The minimum atomic E-state index is 0.0303. The van der Waals surface area contributed by atoms with E-state index in [0.29, 0.717) is 11.3 Å².